The maximum atomic E-state index is 5.72. The summed E-state index contributed by atoms with van der Waals surface area (Å²) in [4.78, 5) is 16.8. The van der Waals surface area contributed by atoms with Gasteiger partial charge in [-0.2, -0.15) is 15.0 Å². The largest absolute Gasteiger partial charge is 0.464 e. The van der Waals surface area contributed by atoms with Gasteiger partial charge in [0.2, 0.25) is 11.9 Å². The van der Waals surface area contributed by atoms with Gasteiger partial charge in [0, 0.05) is 0 Å². The summed E-state index contributed by atoms with van der Waals surface area (Å²) < 4.78 is 7.08. The lowest BCUT2D eigenvalue weighted by Crippen LogP contribution is -2.08. The fraction of sp³-hybridized carbons (Fsp3) is 0.286. The van der Waals surface area contributed by atoms with Gasteiger partial charge >= 0.3 is 6.01 Å². The zero-order valence-corrected chi connectivity index (χ0v) is 12.2. The number of nitrogen functional groups attached to an aromatic ring is 1. The monoisotopic (exact) mass is 284 g/mol. The lowest BCUT2D eigenvalue weighted by Gasteiger charge is -2.07. The van der Waals surface area contributed by atoms with Crippen LogP contribution in [-0.2, 0) is 0 Å². The third kappa shape index (κ3) is 2.37. The minimum atomic E-state index is 0.120. The molecule has 0 aliphatic heterocycles. The molecule has 0 aliphatic carbocycles. The van der Waals surface area contributed by atoms with E-state index in [0.29, 0.717) is 12.6 Å². The Kier molecular flexibility index (Phi) is 3.17. The quantitative estimate of drug-likeness (QED) is 0.788. The maximum absolute atomic E-state index is 5.72. The molecule has 0 aliphatic rings. The van der Waals surface area contributed by atoms with E-state index in [1.165, 1.54) is 11.1 Å². The molecule has 0 fully saturated rings. The van der Waals surface area contributed by atoms with Crippen LogP contribution < -0.4 is 10.5 Å². The lowest BCUT2D eigenvalue weighted by molar-refractivity contribution is 0.311. The highest BCUT2D eigenvalue weighted by molar-refractivity contribution is 5.78. The van der Waals surface area contributed by atoms with E-state index in [2.05, 4.69) is 39.8 Å². The van der Waals surface area contributed by atoms with E-state index in [1.54, 1.807) is 10.9 Å². The molecule has 0 amide bonds. The number of anilines is 1. The van der Waals surface area contributed by atoms with E-state index < -0.39 is 0 Å². The highest BCUT2D eigenvalue weighted by atomic mass is 16.5. The Bertz CT molecular complexity index is 811. The third-order valence-corrected chi connectivity index (χ3v) is 3.27. The zero-order chi connectivity index (χ0) is 15.0. The van der Waals surface area contributed by atoms with E-state index in [-0.39, 0.29) is 12.0 Å². The van der Waals surface area contributed by atoms with Gasteiger partial charge < -0.3 is 10.5 Å². The summed E-state index contributed by atoms with van der Waals surface area (Å²) in [6, 6.07) is 4.30. The number of ether oxygens (including phenoxy) is 1. The summed E-state index contributed by atoms with van der Waals surface area (Å²) in [5.74, 6) is 0.519. The molecule has 1 aromatic carbocycles. The number of imidazole rings is 1. The van der Waals surface area contributed by atoms with Crippen LogP contribution >= 0.6 is 0 Å². The lowest BCUT2D eigenvalue weighted by atomic mass is 10.1. The molecule has 3 rings (SSSR count). The number of hydrogen-bond donors (Lipinski definition) is 1. The average molecular weight is 284 g/mol. The summed E-state index contributed by atoms with van der Waals surface area (Å²) in [5.41, 5.74) is 9.89. The van der Waals surface area contributed by atoms with Crippen molar-refractivity contribution in [3.8, 4) is 12.0 Å². The van der Waals surface area contributed by atoms with E-state index in [9.17, 15) is 0 Å². The van der Waals surface area contributed by atoms with Crippen LogP contribution in [0.15, 0.2) is 18.5 Å². The number of rotatable bonds is 3. The first-order valence-electron chi connectivity index (χ1n) is 6.67. The second-order valence-corrected chi connectivity index (χ2v) is 4.75. The SMILES string of the molecule is CCOc1nc(N)nc(-n2cnc3cc(C)c(C)cc32)n1. The molecule has 0 unspecified atom stereocenters. The van der Waals surface area contributed by atoms with Crippen molar-refractivity contribution < 1.29 is 4.74 Å². The van der Waals surface area contributed by atoms with Gasteiger partial charge in [0.15, 0.2) is 0 Å². The number of nitrogens with two attached hydrogens (primary N) is 1. The number of nitrogens with zero attached hydrogens (tertiary/aromatic N) is 5. The first-order valence-corrected chi connectivity index (χ1v) is 6.67. The molecule has 2 N–H and O–H groups in total. The minimum absolute atomic E-state index is 0.120. The zero-order valence-electron chi connectivity index (χ0n) is 12.2. The van der Waals surface area contributed by atoms with Crippen molar-refractivity contribution in [2.24, 2.45) is 0 Å². The van der Waals surface area contributed by atoms with Crippen LogP contribution in [-0.4, -0.2) is 31.1 Å². The number of hydrogen-bond acceptors (Lipinski definition) is 6. The van der Waals surface area contributed by atoms with Crippen molar-refractivity contribution in [3.05, 3.63) is 29.6 Å². The Labute approximate surface area is 121 Å². The van der Waals surface area contributed by atoms with Gasteiger partial charge in [-0.05, 0) is 44.0 Å². The smallest absolute Gasteiger partial charge is 0.323 e. The predicted molar refractivity (Wildman–Crippen MR) is 79.5 cm³/mol. The molecule has 2 aromatic heterocycles. The van der Waals surface area contributed by atoms with E-state index in [1.807, 2.05) is 13.0 Å². The molecule has 2 heterocycles. The van der Waals surface area contributed by atoms with E-state index in [0.717, 1.165) is 11.0 Å². The summed E-state index contributed by atoms with van der Waals surface area (Å²) in [6.07, 6.45) is 1.67. The number of fused-ring (bicyclic) bond motifs is 1. The van der Waals surface area contributed by atoms with Crippen LogP contribution in [0.25, 0.3) is 17.0 Å². The molecule has 3 aromatic rings. The molecule has 21 heavy (non-hydrogen) atoms. The predicted octanol–water partition coefficient (Wildman–Crippen LogP) is 1.81. The van der Waals surface area contributed by atoms with Crippen molar-refractivity contribution in [2.45, 2.75) is 20.8 Å². The minimum Gasteiger partial charge on any atom is -0.464 e. The molecule has 108 valence electrons. The molecule has 0 saturated heterocycles. The number of benzene rings is 1. The Hall–Kier alpha value is -2.70. The first-order chi connectivity index (χ1) is 10.1. The van der Waals surface area contributed by atoms with Crippen LogP contribution in [0, 0.1) is 13.8 Å². The average Bonchev–Trinajstić information content (AvgIpc) is 2.82. The van der Waals surface area contributed by atoms with Crippen LogP contribution in [0.3, 0.4) is 0 Å². The van der Waals surface area contributed by atoms with Crippen LogP contribution in [0.5, 0.6) is 6.01 Å². The third-order valence-electron chi connectivity index (χ3n) is 3.27. The van der Waals surface area contributed by atoms with Crippen molar-refractivity contribution in [1.82, 2.24) is 24.5 Å². The molecule has 0 saturated carbocycles. The fourth-order valence-corrected chi connectivity index (χ4v) is 2.09. The Morgan fingerprint density at radius 1 is 1.14 bits per heavy atom. The van der Waals surface area contributed by atoms with Crippen molar-refractivity contribution in [3.63, 3.8) is 0 Å². The molecule has 7 heteroatoms. The molecule has 0 bridgehead atoms. The number of aryl methyl sites for hydroxylation is 2. The Balaban J connectivity index is 2.18. The molecule has 0 radical (unpaired) electrons. The van der Waals surface area contributed by atoms with Gasteiger partial charge in [-0.25, -0.2) is 4.98 Å². The molecule has 0 spiro atoms. The second kappa shape index (κ2) is 5.01. The molecule has 0 atom stereocenters. The second-order valence-electron chi connectivity index (χ2n) is 4.75. The van der Waals surface area contributed by atoms with E-state index >= 15 is 0 Å². The van der Waals surface area contributed by atoms with Crippen molar-refractivity contribution in [2.75, 3.05) is 12.3 Å². The highest BCUT2D eigenvalue weighted by Gasteiger charge is 2.11. The maximum Gasteiger partial charge on any atom is 0.323 e. The van der Waals surface area contributed by atoms with Gasteiger partial charge in [-0.3, -0.25) is 4.57 Å². The van der Waals surface area contributed by atoms with Crippen LogP contribution in [0.2, 0.25) is 0 Å². The molecule has 7 nitrogen and oxygen atoms in total. The molecular formula is C14H16N6O. The van der Waals surface area contributed by atoms with Gasteiger partial charge in [-0.15, -0.1) is 0 Å². The van der Waals surface area contributed by atoms with Crippen molar-refractivity contribution in [1.29, 1.82) is 0 Å². The summed E-state index contributed by atoms with van der Waals surface area (Å²) in [7, 11) is 0. The Morgan fingerprint density at radius 2 is 1.90 bits per heavy atom. The van der Waals surface area contributed by atoms with Crippen LogP contribution in [0.4, 0.5) is 5.95 Å². The number of aromatic nitrogens is 5. The van der Waals surface area contributed by atoms with Gasteiger partial charge in [0.25, 0.3) is 0 Å². The van der Waals surface area contributed by atoms with Gasteiger partial charge in [0.05, 0.1) is 17.6 Å². The summed E-state index contributed by atoms with van der Waals surface area (Å²) in [6.45, 7) is 6.44. The van der Waals surface area contributed by atoms with Gasteiger partial charge in [-0.1, -0.05) is 0 Å². The normalized spacial score (nSPS) is 11.0. The standard InChI is InChI=1S/C14H16N6O/c1-4-21-14-18-12(15)17-13(19-14)20-7-16-10-5-8(2)9(3)6-11(10)20/h5-7H,4H2,1-3H3,(H2,15,17,18,19). The Morgan fingerprint density at radius 3 is 2.67 bits per heavy atom. The van der Waals surface area contributed by atoms with E-state index in [4.69, 9.17) is 10.5 Å². The van der Waals surface area contributed by atoms with Crippen LogP contribution in [0.1, 0.15) is 18.1 Å². The molecular weight excluding hydrogens is 268 g/mol. The summed E-state index contributed by atoms with van der Waals surface area (Å²) >= 11 is 0. The topological polar surface area (TPSA) is 91.7 Å². The fourth-order valence-electron chi connectivity index (χ4n) is 2.09. The van der Waals surface area contributed by atoms with Gasteiger partial charge in [0.1, 0.15) is 6.33 Å². The summed E-state index contributed by atoms with van der Waals surface area (Å²) in [5, 5.41) is 0. The van der Waals surface area contributed by atoms with Crippen molar-refractivity contribution >= 4 is 17.0 Å². The highest BCUT2D eigenvalue weighted by Crippen LogP contribution is 2.21. The first kappa shape index (κ1) is 13.3.